The fourth-order valence-electron chi connectivity index (χ4n) is 2.22. The van der Waals surface area contributed by atoms with Crippen molar-refractivity contribution in [3.63, 3.8) is 0 Å². The van der Waals surface area contributed by atoms with Crippen LogP contribution in [0.2, 0.25) is 0 Å². The van der Waals surface area contributed by atoms with Gasteiger partial charge in [0.25, 0.3) is 0 Å². The quantitative estimate of drug-likeness (QED) is 0.591. The Hall–Kier alpha value is -0.600. The van der Waals surface area contributed by atoms with E-state index in [1.807, 2.05) is 17.4 Å². The maximum absolute atomic E-state index is 3.75. The molecule has 0 fully saturated rings. The summed E-state index contributed by atoms with van der Waals surface area (Å²) in [6, 6.07) is 2.91. The first-order valence-electron chi connectivity index (χ1n) is 5.82. The van der Waals surface area contributed by atoms with Gasteiger partial charge in [-0.1, -0.05) is 6.08 Å². The average Bonchev–Trinajstić information content (AvgIpc) is 2.73. The van der Waals surface area contributed by atoms with Gasteiger partial charge in [0.2, 0.25) is 0 Å². The molecule has 1 N–H and O–H groups in total. The number of rotatable bonds is 5. The smallest absolute Gasteiger partial charge is 0.0331 e. The Labute approximate surface area is 96.2 Å². The summed E-state index contributed by atoms with van der Waals surface area (Å²) in [6.07, 6.45) is 8.26. The van der Waals surface area contributed by atoms with E-state index in [0.717, 1.165) is 13.0 Å². The molecule has 0 saturated carbocycles. The van der Waals surface area contributed by atoms with Crippen LogP contribution in [0.25, 0.3) is 0 Å². The third-order valence-corrected chi connectivity index (χ3v) is 4.02. The molecule has 0 bridgehead atoms. The molecule has 1 aromatic heterocycles. The molecule has 0 amide bonds. The van der Waals surface area contributed by atoms with Gasteiger partial charge in [-0.05, 0) is 55.7 Å². The normalized spacial score (nSPS) is 19.9. The molecule has 2 heteroatoms. The summed E-state index contributed by atoms with van der Waals surface area (Å²) in [4.78, 5) is 1.60. The molecular weight excluding hydrogens is 202 g/mol. The Balaban J connectivity index is 1.86. The molecule has 1 aliphatic carbocycles. The van der Waals surface area contributed by atoms with Gasteiger partial charge in [0.1, 0.15) is 0 Å². The second-order valence-electron chi connectivity index (χ2n) is 4.13. The minimum atomic E-state index is 0.616. The summed E-state index contributed by atoms with van der Waals surface area (Å²) >= 11 is 1.92. The highest BCUT2D eigenvalue weighted by molar-refractivity contribution is 7.10. The molecule has 0 radical (unpaired) electrons. The van der Waals surface area contributed by atoms with Crippen LogP contribution in [0.1, 0.15) is 42.2 Å². The molecule has 0 aromatic carbocycles. The number of fused-ring (bicyclic) bond motifs is 1. The van der Waals surface area contributed by atoms with Gasteiger partial charge in [0.05, 0.1) is 0 Å². The van der Waals surface area contributed by atoms with Crippen LogP contribution in [0, 0.1) is 0 Å². The molecule has 0 aliphatic heterocycles. The van der Waals surface area contributed by atoms with E-state index >= 15 is 0 Å². The van der Waals surface area contributed by atoms with Crippen molar-refractivity contribution in [2.45, 2.75) is 38.1 Å². The number of aryl methyl sites for hydroxylation is 1. The van der Waals surface area contributed by atoms with Crippen LogP contribution in [-0.4, -0.2) is 6.54 Å². The molecule has 1 aliphatic rings. The van der Waals surface area contributed by atoms with Crippen LogP contribution in [0.4, 0.5) is 0 Å². The molecule has 2 rings (SSSR count). The van der Waals surface area contributed by atoms with Gasteiger partial charge in [-0.3, -0.25) is 0 Å². The third kappa shape index (κ3) is 2.70. The zero-order valence-corrected chi connectivity index (χ0v) is 9.98. The molecule has 1 heterocycles. The highest BCUT2D eigenvalue weighted by Crippen LogP contribution is 2.33. The molecule has 1 aromatic rings. The highest BCUT2D eigenvalue weighted by atomic mass is 32.1. The second-order valence-corrected chi connectivity index (χ2v) is 5.13. The van der Waals surface area contributed by atoms with E-state index in [1.165, 1.54) is 25.7 Å². The predicted octanol–water partition coefficient (Wildman–Crippen LogP) is 3.68. The Morgan fingerprint density at radius 2 is 2.53 bits per heavy atom. The Morgan fingerprint density at radius 3 is 3.40 bits per heavy atom. The van der Waals surface area contributed by atoms with Gasteiger partial charge >= 0.3 is 0 Å². The Morgan fingerprint density at radius 1 is 1.60 bits per heavy atom. The van der Waals surface area contributed by atoms with Gasteiger partial charge in [0.15, 0.2) is 0 Å². The van der Waals surface area contributed by atoms with Crippen molar-refractivity contribution in [2.75, 3.05) is 6.54 Å². The second kappa shape index (κ2) is 5.47. The number of unbranched alkanes of at least 4 members (excludes halogenated alkanes) is 1. The fraction of sp³-hybridized carbons (Fsp3) is 0.538. The summed E-state index contributed by atoms with van der Waals surface area (Å²) in [5, 5.41) is 5.89. The maximum atomic E-state index is 3.75. The zero-order chi connectivity index (χ0) is 10.5. The van der Waals surface area contributed by atoms with E-state index in [-0.39, 0.29) is 0 Å². The van der Waals surface area contributed by atoms with Gasteiger partial charge in [-0.25, -0.2) is 0 Å². The van der Waals surface area contributed by atoms with Crippen molar-refractivity contribution in [3.05, 3.63) is 34.5 Å². The van der Waals surface area contributed by atoms with Crippen molar-refractivity contribution in [1.82, 2.24) is 5.32 Å². The summed E-state index contributed by atoms with van der Waals surface area (Å²) < 4.78 is 0. The van der Waals surface area contributed by atoms with Gasteiger partial charge < -0.3 is 5.32 Å². The van der Waals surface area contributed by atoms with E-state index in [1.54, 1.807) is 10.4 Å². The first kappa shape index (κ1) is 10.9. The minimum absolute atomic E-state index is 0.616. The van der Waals surface area contributed by atoms with Crippen LogP contribution in [0.15, 0.2) is 24.1 Å². The van der Waals surface area contributed by atoms with Crippen molar-refractivity contribution < 1.29 is 0 Å². The van der Waals surface area contributed by atoms with E-state index in [0.29, 0.717) is 6.04 Å². The maximum Gasteiger partial charge on any atom is 0.0331 e. The SMILES string of the molecule is C=CCCCNC1CCCc2sccc21. The molecule has 82 valence electrons. The molecule has 1 atom stereocenters. The van der Waals surface area contributed by atoms with Crippen molar-refractivity contribution in [2.24, 2.45) is 0 Å². The lowest BCUT2D eigenvalue weighted by atomic mass is 9.94. The van der Waals surface area contributed by atoms with Gasteiger partial charge in [0, 0.05) is 10.9 Å². The monoisotopic (exact) mass is 221 g/mol. The third-order valence-electron chi connectivity index (χ3n) is 3.03. The number of allylic oxidation sites excluding steroid dienone is 1. The number of hydrogen-bond donors (Lipinski definition) is 1. The van der Waals surface area contributed by atoms with Crippen molar-refractivity contribution >= 4 is 11.3 Å². The average molecular weight is 221 g/mol. The van der Waals surface area contributed by atoms with E-state index < -0.39 is 0 Å². The minimum Gasteiger partial charge on any atom is -0.310 e. The lowest BCUT2D eigenvalue weighted by molar-refractivity contribution is 0.460. The summed E-state index contributed by atoms with van der Waals surface area (Å²) in [6.45, 7) is 4.86. The van der Waals surface area contributed by atoms with Gasteiger partial charge in [-0.2, -0.15) is 0 Å². The van der Waals surface area contributed by atoms with Crippen LogP contribution < -0.4 is 5.32 Å². The summed E-state index contributed by atoms with van der Waals surface area (Å²) in [7, 11) is 0. The standard InChI is InChI=1S/C13H19NS/c1-2-3-4-9-14-12-6-5-7-13-11(12)8-10-15-13/h2,8,10,12,14H,1,3-7,9H2. The first-order valence-corrected chi connectivity index (χ1v) is 6.70. The summed E-state index contributed by atoms with van der Waals surface area (Å²) in [5.74, 6) is 0. The lowest BCUT2D eigenvalue weighted by Crippen LogP contribution is -2.25. The Bertz CT molecular complexity index is 316. The number of nitrogens with one attached hydrogen (secondary N) is 1. The number of hydrogen-bond acceptors (Lipinski definition) is 2. The predicted molar refractivity (Wildman–Crippen MR) is 67.4 cm³/mol. The van der Waals surface area contributed by atoms with Crippen LogP contribution in [-0.2, 0) is 6.42 Å². The van der Waals surface area contributed by atoms with E-state index in [4.69, 9.17) is 0 Å². The van der Waals surface area contributed by atoms with Gasteiger partial charge in [-0.15, -0.1) is 17.9 Å². The van der Waals surface area contributed by atoms with Crippen molar-refractivity contribution in [3.8, 4) is 0 Å². The molecule has 1 nitrogen and oxygen atoms in total. The molecule has 0 saturated heterocycles. The molecule has 0 spiro atoms. The Kier molecular flexibility index (Phi) is 3.98. The number of thiophene rings is 1. The fourth-order valence-corrected chi connectivity index (χ4v) is 3.21. The van der Waals surface area contributed by atoms with E-state index in [9.17, 15) is 0 Å². The molecule has 15 heavy (non-hydrogen) atoms. The first-order chi connectivity index (χ1) is 7.42. The lowest BCUT2D eigenvalue weighted by Gasteiger charge is -2.23. The topological polar surface area (TPSA) is 12.0 Å². The highest BCUT2D eigenvalue weighted by Gasteiger charge is 2.19. The zero-order valence-electron chi connectivity index (χ0n) is 9.17. The molecular formula is C13H19NS. The van der Waals surface area contributed by atoms with Crippen LogP contribution in [0.3, 0.4) is 0 Å². The van der Waals surface area contributed by atoms with Crippen LogP contribution in [0.5, 0.6) is 0 Å². The largest absolute Gasteiger partial charge is 0.310 e. The van der Waals surface area contributed by atoms with Crippen molar-refractivity contribution in [1.29, 1.82) is 0 Å². The summed E-state index contributed by atoms with van der Waals surface area (Å²) in [5.41, 5.74) is 1.56. The molecule has 1 unspecified atom stereocenters. The van der Waals surface area contributed by atoms with E-state index in [2.05, 4.69) is 23.3 Å². The van der Waals surface area contributed by atoms with Crippen LogP contribution >= 0.6 is 11.3 Å².